The maximum Gasteiger partial charge on any atom is 0.243 e. The smallest absolute Gasteiger partial charge is 0.243 e. The van der Waals surface area contributed by atoms with Gasteiger partial charge in [-0.1, -0.05) is 23.9 Å². The Hall–Kier alpha value is -2.46. The van der Waals surface area contributed by atoms with Gasteiger partial charge >= 0.3 is 0 Å². The van der Waals surface area contributed by atoms with E-state index >= 15 is 0 Å². The van der Waals surface area contributed by atoms with E-state index in [1.807, 2.05) is 45.0 Å². The molecular formula is C24H27N3O4S2. The van der Waals surface area contributed by atoms with Crippen molar-refractivity contribution in [2.75, 3.05) is 37.4 Å². The van der Waals surface area contributed by atoms with E-state index in [1.165, 1.54) is 16.1 Å². The Morgan fingerprint density at radius 3 is 2.58 bits per heavy atom. The van der Waals surface area contributed by atoms with Crippen molar-refractivity contribution < 1.29 is 17.9 Å². The number of thioether (sulfide) groups is 1. The summed E-state index contributed by atoms with van der Waals surface area (Å²) in [6.45, 7) is 7.41. The Morgan fingerprint density at radius 2 is 1.82 bits per heavy atom. The van der Waals surface area contributed by atoms with Gasteiger partial charge in [0, 0.05) is 24.2 Å². The first-order valence-electron chi connectivity index (χ1n) is 10.7. The second kappa shape index (κ2) is 9.80. The molecule has 0 radical (unpaired) electrons. The lowest BCUT2D eigenvalue weighted by molar-refractivity contribution is -0.113. The van der Waals surface area contributed by atoms with Crippen molar-refractivity contribution in [3.63, 3.8) is 0 Å². The first-order valence-corrected chi connectivity index (χ1v) is 13.2. The van der Waals surface area contributed by atoms with Crippen LogP contribution in [0.2, 0.25) is 0 Å². The Labute approximate surface area is 198 Å². The van der Waals surface area contributed by atoms with Crippen LogP contribution in [-0.4, -0.2) is 55.7 Å². The van der Waals surface area contributed by atoms with E-state index in [-0.39, 0.29) is 16.6 Å². The Bertz CT molecular complexity index is 1300. The number of aromatic nitrogens is 1. The molecule has 1 aromatic heterocycles. The number of ether oxygens (including phenoxy) is 1. The lowest BCUT2D eigenvalue weighted by Crippen LogP contribution is -2.40. The summed E-state index contributed by atoms with van der Waals surface area (Å²) in [5, 5.41) is 4.47. The molecule has 0 aliphatic carbocycles. The minimum absolute atomic E-state index is 0.0970. The van der Waals surface area contributed by atoms with E-state index in [2.05, 4.69) is 10.3 Å². The van der Waals surface area contributed by atoms with Gasteiger partial charge in [0.2, 0.25) is 15.9 Å². The molecule has 9 heteroatoms. The molecular weight excluding hydrogens is 458 g/mol. The Kier molecular flexibility index (Phi) is 7.04. The maximum atomic E-state index is 13.0. The van der Waals surface area contributed by atoms with Gasteiger partial charge in [-0.05, 0) is 67.8 Å². The summed E-state index contributed by atoms with van der Waals surface area (Å²) in [4.78, 5) is 17.4. The molecule has 1 aliphatic rings. The molecule has 33 heavy (non-hydrogen) atoms. The molecule has 4 rings (SSSR count). The van der Waals surface area contributed by atoms with Crippen molar-refractivity contribution in [1.82, 2.24) is 9.29 Å². The number of carbonyl (C=O) groups excluding carboxylic acids is 1. The molecule has 0 atom stereocenters. The summed E-state index contributed by atoms with van der Waals surface area (Å²) in [6, 6.07) is 12.9. The summed E-state index contributed by atoms with van der Waals surface area (Å²) < 4.78 is 32.7. The number of benzene rings is 2. The standard InChI is InChI=1S/C24H27N3O4S2/c1-16-4-5-17(2)22(12-16)25-23(28)15-32-24-13-18(3)20-14-19(6-7-21(20)26-24)33(29,30)27-8-10-31-11-9-27/h4-7,12-14H,8-11,15H2,1-3H3,(H,25,28). The second-order valence-corrected chi connectivity index (χ2v) is 11.1. The largest absolute Gasteiger partial charge is 0.379 e. The molecule has 0 bridgehead atoms. The Morgan fingerprint density at radius 1 is 1.06 bits per heavy atom. The number of anilines is 1. The zero-order valence-corrected chi connectivity index (χ0v) is 20.6. The number of rotatable bonds is 6. The van der Waals surface area contributed by atoms with E-state index in [4.69, 9.17) is 4.74 Å². The van der Waals surface area contributed by atoms with Crippen LogP contribution in [0, 0.1) is 20.8 Å². The molecule has 1 amide bonds. The number of pyridine rings is 1. The third-order valence-corrected chi connectivity index (χ3v) is 8.40. The fourth-order valence-corrected chi connectivity index (χ4v) is 5.92. The van der Waals surface area contributed by atoms with Crippen LogP contribution in [0.25, 0.3) is 10.9 Å². The van der Waals surface area contributed by atoms with Crippen molar-refractivity contribution in [2.24, 2.45) is 0 Å². The number of hydrogen-bond acceptors (Lipinski definition) is 6. The van der Waals surface area contributed by atoms with Crippen LogP contribution < -0.4 is 5.32 Å². The van der Waals surface area contributed by atoms with E-state index < -0.39 is 10.0 Å². The summed E-state index contributed by atoms with van der Waals surface area (Å²) in [5.74, 6) is 0.134. The number of aryl methyl sites for hydroxylation is 3. The van der Waals surface area contributed by atoms with Crippen LogP contribution in [0.5, 0.6) is 0 Å². The number of nitrogens with zero attached hydrogens (tertiary/aromatic N) is 2. The average molecular weight is 486 g/mol. The van der Waals surface area contributed by atoms with E-state index in [0.29, 0.717) is 31.8 Å². The molecule has 0 spiro atoms. The molecule has 7 nitrogen and oxygen atoms in total. The third-order valence-electron chi connectivity index (χ3n) is 5.59. The minimum Gasteiger partial charge on any atom is -0.379 e. The summed E-state index contributed by atoms with van der Waals surface area (Å²) in [5.41, 5.74) is 4.54. The molecule has 2 heterocycles. The van der Waals surface area contributed by atoms with E-state index in [9.17, 15) is 13.2 Å². The van der Waals surface area contributed by atoms with Crippen LogP contribution in [0.4, 0.5) is 5.69 Å². The van der Waals surface area contributed by atoms with Crippen molar-refractivity contribution in [3.05, 3.63) is 59.2 Å². The fourth-order valence-electron chi connectivity index (χ4n) is 3.71. The number of morpholine rings is 1. The maximum absolute atomic E-state index is 13.0. The Balaban J connectivity index is 1.49. The molecule has 174 valence electrons. The molecule has 1 saturated heterocycles. The molecule has 0 unspecified atom stereocenters. The van der Waals surface area contributed by atoms with Crippen LogP contribution in [0.15, 0.2) is 52.4 Å². The fraction of sp³-hybridized carbons (Fsp3) is 0.333. The number of nitrogens with one attached hydrogen (secondary N) is 1. The minimum atomic E-state index is -3.57. The van der Waals surface area contributed by atoms with Gasteiger partial charge in [-0.15, -0.1) is 0 Å². The topological polar surface area (TPSA) is 88.6 Å². The van der Waals surface area contributed by atoms with Gasteiger partial charge < -0.3 is 10.1 Å². The number of sulfonamides is 1. The zero-order chi connectivity index (χ0) is 23.6. The monoisotopic (exact) mass is 485 g/mol. The number of fused-ring (bicyclic) bond motifs is 1. The quantitative estimate of drug-likeness (QED) is 0.533. The van der Waals surface area contributed by atoms with Crippen molar-refractivity contribution in [1.29, 1.82) is 0 Å². The predicted molar refractivity (Wildman–Crippen MR) is 131 cm³/mol. The molecule has 1 N–H and O–H groups in total. The lowest BCUT2D eigenvalue weighted by Gasteiger charge is -2.26. The van der Waals surface area contributed by atoms with Crippen molar-refractivity contribution >= 4 is 44.3 Å². The molecule has 1 fully saturated rings. The van der Waals surface area contributed by atoms with Gasteiger partial charge in [0.1, 0.15) is 0 Å². The van der Waals surface area contributed by atoms with Gasteiger partial charge in [-0.2, -0.15) is 4.31 Å². The van der Waals surface area contributed by atoms with Crippen molar-refractivity contribution in [3.8, 4) is 0 Å². The molecule has 3 aromatic rings. The lowest BCUT2D eigenvalue weighted by atomic mass is 10.1. The summed E-state index contributed by atoms with van der Waals surface area (Å²) in [6.07, 6.45) is 0. The van der Waals surface area contributed by atoms with Crippen LogP contribution in [-0.2, 0) is 19.6 Å². The number of carbonyl (C=O) groups is 1. The summed E-state index contributed by atoms with van der Waals surface area (Å²) >= 11 is 1.36. The average Bonchev–Trinajstić information content (AvgIpc) is 2.80. The zero-order valence-electron chi connectivity index (χ0n) is 18.9. The van der Waals surface area contributed by atoms with Crippen LogP contribution in [0.1, 0.15) is 16.7 Å². The number of hydrogen-bond donors (Lipinski definition) is 1. The van der Waals surface area contributed by atoms with Crippen LogP contribution >= 0.6 is 11.8 Å². The third kappa shape index (κ3) is 5.38. The summed E-state index contributed by atoms with van der Waals surface area (Å²) in [7, 11) is -3.57. The molecule has 0 saturated carbocycles. The van der Waals surface area contributed by atoms with Gasteiger partial charge in [-0.25, -0.2) is 13.4 Å². The highest BCUT2D eigenvalue weighted by molar-refractivity contribution is 7.99. The highest BCUT2D eigenvalue weighted by Crippen LogP contribution is 2.27. The van der Waals surface area contributed by atoms with Gasteiger partial charge in [0.25, 0.3) is 0 Å². The first kappa shape index (κ1) is 23.7. The van der Waals surface area contributed by atoms with E-state index in [1.54, 1.807) is 18.2 Å². The normalized spacial score (nSPS) is 15.0. The first-order chi connectivity index (χ1) is 15.7. The number of amides is 1. The molecule has 1 aliphatic heterocycles. The molecule has 2 aromatic carbocycles. The SMILES string of the molecule is Cc1ccc(C)c(NC(=O)CSc2cc(C)c3cc(S(=O)(=O)N4CCOCC4)ccc3n2)c1. The predicted octanol–water partition coefficient (Wildman–Crippen LogP) is 3.91. The highest BCUT2D eigenvalue weighted by atomic mass is 32.2. The van der Waals surface area contributed by atoms with E-state index in [0.717, 1.165) is 32.8 Å². The van der Waals surface area contributed by atoms with Gasteiger partial charge in [0.05, 0.1) is 34.4 Å². The van der Waals surface area contributed by atoms with Gasteiger partial charge in [-0.3, -0.25) is 4.79 Å². The second-order valence-electron chi connectivity index (χ2n) is 8.13. The van der Waals surface area contributed by atoms with Crippen molar-refractivity contribution in [2.45, 2.75) is 30.7 Å². The van der Waals surface area contributed by atoms with Crippen LogP contribution in [0.3, 0.4) is 0 Å². The highest BCUT2D eigenvalue weighted by Gasteiger charge is 2.26. The van der Waals surface area contributed by atoms with Gasteiger partial charge in [0.15, 0.2) is 0 Å².